The number of benzene rings is 6. The van der Waals surface area contributed by atoms with E-state index in [2.05, 4.69) is 76.0 Å². The van der Waals surface area contributed by atoms with Crippen LogP contribution < -0.4 is 48.6 Å². The van der Waals surface area contributed by atoms with Gasteiger partial charge in [0.1, 0.15) is 17.5 Å². The molecule has 12 rings (SSSR count). The van der Waals surface area contributed by atoms with Crippen molar-refractivity contribution in [1.29, 1.82) is 0 Å². The fraction of sp³-hybridized carbons (Fsp3) is 0.0933. The molecular formula is C75H74N12O3. The summed E-state index contributed by atoms with van der Waals surface area (Å²) < 4.78 is 6.08. The topological polar surface area (TPSA) is 191 Å². The average Bonchev–Trinajstić information content (AvgIpc) is 0.807. The number of nitrogens with two attached hydrogens (primary N) is 1. The van der Waals surface area contributed by atoms with Crippen LogP contribution in [0, 0.1) is 0 Å². The van der Waals surface area contributed by atoms with Crippen LogP contribution in [0.15, 0.2) is 301 Å². The summed E-state index contributed by atoms with van der Waals surface area (Å²) in [6.07, 6.45) is 21.1. The van der Waals surface area contributed by atoms with Crippen molar-refractivity contribution in [2.45, 2.75) is 40.8 Å². The summed E-state index contributed by atoms with van der Waals surface area (Å²) in [4.78, 5) is 51.1. The maximum Gasteiger partial charge on any atom is 0.193 e. The molecule has 0 unspecified atom stereocenters. The minimum absolute atomic E-state index is 0.0820. The number of anilines is 9. The molecule has 6 heterocycles. The van der Waals surface area contributed by atoms with Crippen molar-refractivity contribution in [2.24, 2.45) is 0 Å². The summed E-state index contributed by atoms with van der Waals surface area (Å²) in [6.45, 7) is 17.2. The summed E-state index contributed by atoms with van der Waals surface area (Å²) in [6, 6.07) is 64.1. The van der Waals surface area contributed by atoms with Gasteiger partial charge in [-0.05, 0) is 66.2 Å². The first-order valence-electron chi connectivity index (χ1n) is 29.8. The SMILES string of the molecule is C=C/C=C\C=C/Cn1c(Nc2ccccc2)cc(=O)c2cncc(NCC=C)c21.CC.CC.Nc1cncc2c(=O)cc(Nc3ccccc3)n(-c3ccccc3)c12.O=c1cc(Nc2ccccc2)n(-c2ccccc2)c2c(NCc3ccccc3)cncc12. The van der Waals surface area contributed by atoms with Crippen LogP contribution >= 0.6 is 0 Å². The lowest BCUT2D eigenvalue weighted by Crippen LogP contribution is -2.15. The van der Waals surface area contributed by atoms with Crippen LogP contribution in [0.4, 0.5) is 51.6 Å². The monoisotopic (exact) mass is 1190 g/mol. The Morgan fingerprint density at radius 3 is 1.32 bits per heavy atom. The molecule has 452 valence electrons. The lowest BCUT2D eigenvalue weighted by molar-refractivity contribution is 0.859. The smallest absolute Gasteiger partial charge is 0.193 e. The molecule has 0 saturated carbocycles. The summed E-state index contributed by atoms with van der Waals surface area (Å²) in [5, 5.41) is 18.5. The minimum Gasteiger partial charge on any atom is -0.396 e. The highest BCUT2D eigenvalue weighted by Gasteiger charge is 2.18. The van der Waals surface area contributed by atoms with Crippen LogP contribution in [0.1, 0.15) is 33.3 Å². The van der Waals surface area contributed by atoms with Crippen molar-refractivity contribution >= 4 is 84.3 Å². The number of rotatable bonds is 18. The van der Waals surface area contributed by atoms with Gasteiger partial charge >= 0.3 is 0 Å². The molecule has 15 heteroatoms. The van der Waals surface area contributed by atoms with Gasteiger partial charge in [-0.2, -0.15) is 0 Å². The van der Waals surface area contributed by atoms with Gasteiger partial charge in [0.2, 0.25) is 0 Å². The van der Waals surface area contributed by atoms with E-state index in [1.54, 1.807) is 67.5 Å². The van der Waals surface area contributed by atoms with Gasteiger partial charge in [-0.25, -0.2) is 0 Å². The van der Waals surface area contributed by atoms with E-state index >= 15 is 0 Å². The number of para-hydroxylation sites is 5. The van der Waals surface area contributed by atoms with E-state index in [-0.39, 0.29) is 16.3 Å². The third-order valence-corrected chi connectivity index (χ3v) is 13.6. The molecule has 0 aliphatic heterocycles. The van der Waals surface area contributed by atoms with Crippen molar-refractivity contribution in [3.05, 3.63) is 323 Å². The standard InChI is InChI=1S/C27H22N4O.C24H24N4O.C20H16N4O.2C2H6/c32-25-16-26(30-21-12-6-2-7-13-21)31(22-14-8-3-9-15-22)27-23(25)18-28-19-24(27)29-17-20-10-4-1-5-11-20;1-3-5-6-7-11-15-28-23(27-19-12-9-8-10-13-19)16-22(29)20-17-25-18-21(24(20)28)26-14-4-2;21-17-13-22-12-16-18(25)11-19(23-14-7-3-1-4-8-14)24(20(16)17)15-9-5-2-6-10-15;2*1-2/h1-16,18-19,29-30H,17H2;3-13,16-18,26-27H,1-2,14-15H2;1-13,23H,21H2;2*1-2H3/b;6-5-,11-7-;;;. The van der Waals surface area contributed by atoms with Gasteiger partial charge in [0.15, 0.2) is 16.3 Å². The molecule has 0 bridgehead atoms. The van der Waals surface area contributed by atoms with Crippen molar-refractivity contribution in [3.8, 4) is 11.4 Å². The quantitative estimate of drug-likeness (QED) is 0.0353. The number of nitrogens with one attached hydrogen (secondary N) is 5. The van der Waals surface area contributed by atoms with Crippen LogP contribution in [0.3, 0.4) is 0 Å². The second-order valence-corrected chi connectivity index (χ2v) is 19.5. The molecule has 0 spiro atoms. The molecule has 15 nitrogen and oxygen atoms in total. The van der Waals surface area contributed by atoms with Gasteiger partial charge in [-0.1, -0.05) is 192 Å². The van der Waals surface area contributed by atoms with Gasteiger partial charge in [-0.3, -0.25) is 38.5 Å². The number of nitrogens with zero attached hydrogens (tertiary/aromatic N) is 6. The maximum atomic E-state index is 13.1. The van der Waals surface area contributed by atoms with E-state index in [0.717, 1.165) is 56.4 Å². The number of hydrogen-bond acceptors (Lipinski definition) is 12. The second-order valence-electron chi connectivity index (χ2n) is 19.5. The molecule has 7 N–H and O–H groups in total. The Bertz CT molecular complexity index is 4520. The molecule has 0 atom stereocenters. The first-order chi connectivity index (χ1) is 44.3. The predicted molar refractivity (Wildman–Crippen MR) is 378 cm³/mol. The zero-order valence-corrected chi connectivity index (χ0v) is 51.0. The Labute approximate surface area is 524 Å². The molecule has 6 aromatic carbocycles. The molecule has 90 heavy (non-hydrogen) atoms. The van der Waals surface area contributed by atoms with Gasteiger partial charge < -0.3 is 36.9 Å². The molecule has 6 aromatic heterocycles. The molecule has 0 saturated heterocycles. The van der Waals surface area contributed by atoms with E-state index in [1.807, 2.05) is 226 Å². The number of nitrogen functional groups attached to an aromatic ring is 1. The number of hydrogen-bond donors (Lipinski definition) is 6. The summed E-state index contributed by atoms with van der Waals surface area (Å²) >= 11 is 0. The van der Waals surface area contributed by atoms with Crippen LogP contribution in [0.2, 0.25) is 0 Å². The van der Waals surface area contributed by atoms with Gasteiger partial charge in [0.05, 0.1) is 68.4 Å². The largest absolute Gasteiger partial charge is 0.396 e. The first kappa shape index (κ1) is 64.2. The normalized spacial score (nSPS) is 10.5. The van der Waals surface area contributed by atoms with Gasteiger partial charge in [0.25, 0.3) is 0 Å². The van der Waals surface area contributed by atoms with Gasteiger partial charge in [-0.15, -0.1) is 6.58 Å². The number of allylic oxidation sites excluding steroid dienone is 5. The van der Waals surface area contributed by atoms with Gasteiger partial charge in [0, 0.05) is 84.9 Å². The molecule has 0 radical (unpaired) electrons. The lowest BCUT2D eigenvalue weighted by Gasteiger charge is -2.20. The highest BCUT2D eigenvalue weighted by Crippen LogP contribution is 2.32. The van der Waals surface area contributed by atoms with Crippen molar-refractivity contribution in [2.75, 3.05) is 38.9 Å². The Morgan fingerprint density at radius 2 is 0.844 bits per heavy atom. The second kappa shape index (κ2) is 33.2. The predicted octanol–water partition coefficient (Wildman–Crippen LogP) is 16.5. The molecule has 0 aliphatic rings. The van der Waals surface area contributed by atoms with Crippen LogP contribution in [0.5, 0.6) is 0 Å². The maximum absolute atomic E-state index is 13.1. The molecule has 0 aliphatic carbocycles. The fourth-order valence-corrected chi connectivity index (χ4v) is 9.67. The summed E-state index contributed by atoms with van der Waals surface area (Å²) in [5.74, 6) is 2.04. The van der Waals surface area contributed by atoms with Crippen molar-refractivity contribution in [1.82, 2.24) is 28.7 Å². The van der Waals surface area contributed by atoms with E-state index in [1.165, 1.54) is 0 Å². The van der Waals surface area contributed by atoms with Crippen LogP contribution in [0.25, 0.3) is 44.1 Å². The van der Waals surface area contributed by atoms with Crippen molar-refractivity contribution < 1.29 is 0 Å². The van der Waals surface area contributed by atoms with E-state index < -0.39 is 0 Å². The van der Waals surface area contributed by atoms with Crippen LogP contribution in [-0.4, -0.2) is 35.2 Å². The number of pyridine rings is 6. The Hall–Kier alpha value is -11.8. The summed E-state index contributed by atoms with van der Waals surface area (Å²) in [7, 11) is 0. The fourth-order valence-electron chi connectivity index (χ4n) is 9.67. The average molecular weight is 1190 g/mol. The summed E-state index contributed by atoms with van der Waals surface area (Å²) in [5.41, 5.74) is 15.9. The highest BCUT2D eigenvalue weighted by molar-refractivity contribution is 5.94. The first-order valence-corrected chi connectivity index (χ1v) is 29.8. The van der Waals surface area contributed by atoms with E-state index in [9.17, 15) is 14.4 Å². The molecular weight excluding hydrogens is 1120 g/mol. The van der Waals surface area contributed by atoms with E-state index in [0.29, 0.717) is 64.5 Å². The molecule has 0 fully saturated rings. The van der Waals surface area contributed by atoms with E-state index in [4.69, 9.17) is 5.73 Å². The highest BCUT2D eigenvalue weighted by atomic mass is 16.1. The molecule has 0 amide bonds. The third kappa shape index (κ3) is 16.4. The lowest BCUT2D eigenvalue weighted by atomic mass is 10.1. The third-order valence-electron chi connectivity index (χ3n) is 13.6. The molecule has 12 aromatic rings. The minimum atomic E-state index is -0.125. The number of aromatic nitrogens is 6. The Balaban J connectivity index is 0.000000171. The number of fused-ring (bicyclic) bond motifs is 3. The van der Waals surface area contributed by atoms with Crippen molar-refractivity contribution in [3.63, 3.8) is 0 Å². The Morgan fingerprint density at radius 1 is 0.444 bits per heavy atom. The zero-order valence-electron chi connectivity index (χ0n) is 51.0. The zero-order chi connectivity index (χ0) is 63.5. The Kier molecular flexibility index (Phi) is 23.6. The van der Waals surface area contributed by atoms with Crippen LogP contribution in [-0.2, 0) is 13.1 Å².